The molecule has 0 spiro atoms. The first-order chi connectivity index (χ1) is 19.8. The van der Waals surface area contributed by atoms with E-state index in [2.05, 4.69) is 27.8 Å². The van der Waals surface area contributed by atoms with Crippen molar-refractivity contribution >= 4 is 11.8 Å². The summed E-state index contributed by atoms with van der Waals surface area (Å²) in [7, 11) is 0. The summed E-state index contributed by atoms with van der Waals surface area (Å²) in [4.78, 5) is 26.3. The molecular weight excluding hydrogens is 521 g/mol. The normalized spacial score (nSPS) is 26.1. The van der Waals surface area contributed by atoms with Crippen LogP contribution in [0.4, 0.5) is 4.39 Å². The van der Waals surface area contributed by atoms with Crippen molar-refractivity contribution < 1.29 is 23.8 Å². The first kappa shape index (κ1) is 28.7. The summed E-state index contributed by atoms with van der Waals surface area (Å²) >= 11 is 0. The lowest BCUT2D eigenvalue weighted by atomic mass is 10.0. The fourth-order valence-electron chi connectivity index (χ4n) is 5.87. The summed E-state index contributed by atoms with van der Waals surface area (Å²) in [6, 6.07) is 12.2. The molecule has 2 amide bonds. The van der Waals surface area contributed by atoms with Gasteiger partial charge in [-0.2, -0.15) is 0 Å². The first-order valence-electron chi connectivity index (χ1n) is 14.3. The third-order valence-electron chi connectivity index (χ3n) is 8.38. The molecule has 8 heteroatoms. The van der Waals surface area contributed by atoms with Crippen LogP contribution in [-0.4, -0.2) is 42.3 Å². The van der Waals surface area contributed by atoms with Crippen molar-refractivity contribution in [3.05, 3.63) is 65.0 Å². The van der Waals surface area contributed by atoms with Crippen molar-refractivity contribution in [3.8, 4) is 30.4 Å². The molecule has 0 aromatic heterocycles. The molecule has 3 aliphatic rings. The maximum absolute atomic E-state index is 14.5. The summed E-state index contributed by atoms with van der Waals surface area (Å²) in [5.41, 5.74) is 2.23. The second-order valence-electron chi connectivity index (χ2n) is 11.3. The average molecular weight is 558 g/mol. The van der Waals surface area contributed by atoms with E-state index in [1.807, 2.05) is 24.3 Å². The largest absolute Gasteiger partial charge is 0.468 e. The molecule has 2 aromatic carbocycles. The molecule has 41 heavy (non-hydrogen) atoms. The topological polar surface area (TPSA) is 99.7 Å². The molecule has 1 heterocycles. The Bertz CT molecular complexity index is 1380. The second-order valence-corrected chi connectivity index (χ2v) is 11.3. The predicted octanol–water partition coefficient (Wildman–Crippen LogP) is 3.00. The zero-order valence-electron chi connectivity index (χ0n) is 23.0. The van der Waals surface area contributed by atoms with E-state index in [0.717, 1.165) is 48.8 Å². The molecule has 5 unspecified atom stereocenters. The van der Waals surface area contributed by atoms with Crippen molar-refractivity contribution in [2.24, 2.45) is 17.8 Å². The van der Waals surface area contributed by atoms with Crippen LogP contribution in [0, 0.1) is 48.3 Å². The molecule has 2 bridgehead atoms. The molecule has 0 saturated heterocycles. The lowest BCUT2D eigenvalue weighted by Crippen LogP contribution is -2.52. The Hall–Kier alpha value is -3.85. The van der Waals surface area contributed by atoms with Crippen LogP contribution in [0.25, 0.3) is 0 Å². The van der Waals surface area contributed by atoms with Gasteiger partial charge in [0.05, 0.1) is 11.8 Å². The zero-order chi connectivity index (χ0) is 29.0. The van der Waals surface area contributed by atoms with Gasteiger partial charge < -0.3 is 25.8 Å². The number of nitrogens with one attached hydrogen (secondary N) is 3. The van der Waals surface area contributed by atoms with Gasteiger partial charge in [-0.15, -0.1) is 18.8 Å². The number of halogens is 1. The van der Waals surface area contributed by atoms with Gasteiger partial charge in [-0.05, 0) is 73.4 Å². The van der Waals surface area contributed by atoms with Crippen LogP contribution in [-0.2, 0) is 21.5 Å². The van der Waals surface area contributed by atoms with E-state index >= 15 is 0 Å². The van der Waals surface area contributed by atoms with Gasteiger partial charge in [-0.1, -0.05) is 24.5 Å². The smallest absolute Gasteiger partial charge is 0.227 e. The van der Waals surface area contributed by atoms with Crippen LogP contribution in [0.2, 0.25) is 0 Å². The number of carbonyl (C=O) groups is 2. The molecule has 4 N–H and O–H groups in total. The molecule has 7 nitrogen and oxygen atoms in total. The quantitative estimate of drug-likeness (QED) is 0.410. The molecule has 5 atom stereocenters. The maximum Gasteiger partial charge on any atom is 0.227 e. The van der Waals surface area contributed by atoms with Gasteiger partial charge in [0.1, 0.15) is 17.7 Å². The number of aliphatic hydroxyl groups excluding tert-OH is 1. The first-order valence-corrected chi connectivity index (χ1v) is 14.3. The maximum atomic E-state index is 14.5. The minimum absolute atomic E-state index is 0.0930. The Morgan fingerprint density at radius 2 is 1.90 bits per heavy atom. The number of aryl methyl sites for hydroxylation is 1. The van der Waals surface area contributed by atoms with Crippen LogP contribution in [0.1, 0.15) is 55.2 Å². The van der Waals surface area contributed by atoms with Crippen LogP contribution in [0.5, 0.6) is 5.75 Å². The average Bonchev–Trinajstić information content (AvgIpc) is 3.88. The Morgan fingerprint density at radius 1 is 1.10 bits per heavy atom. The van der Waals surface area contributed by atoms with Crippen LogP contribution < -0.4 is 20.7 Å². The van der Waals surface area contributed by atoms with Gasteiger partial charge in [0, 0.05) is 36.7 Å². The number of terminal acetylenes is 2. The van der Waals surface area contributed by atoms with Crippen LogP contribution in [0.3, 0.4) is 0 Å². The predicted molar refractivity (Wildman–Crippen MR) is 153 cm³/mol. The van der Waals surface area contributed by atoms with E-state index in [1.165, 1.54) is 12.1 Å². The second kappa shape index (κ2) is 12.3. The van der Waals surface area contributed by atoms with E-state index in [9.17, 15) is 19.1 Å². The highest BCUT2D eigenvalue weighted by atomic mass is 19.1. The molecule has 2 saturated carbocycles. The van der Waals surface area contributed by atoms with Crippen LogP contribution >= 0.6 is 0 Å². The van der Waals surface area contributed by atoms with E-state index in [4.69, 9.17) is 17.6 Å². The Morgan fingerprint density at radius 3 is 2.66 bits per heavy atom. The van der Waals surface area contributed by atoms with Crippen molar-refractivity contribution in [1.82, 2.24) is 16.0 Å². The number of aliphatic hydroxyl groups is 1. The number of ether oxygens (including phenoxy) is 1. The SMILES string of the molecule is C#CCC1C2C(=O)NCCCCCc3cc(F)cc(c3)OC(C(O)CNC3(c4cccc(C#C)c4)CC3)NC(=O)C12. The van der Waals surface area contributed by atoms with Gasteiger partial charge >= 0.3 is 0 Å². The number of hydrogen-bond donors (Lipinski definition) is 4. The molecular formula is C33H36FN3O4. The van der Waals surface area contributed by atoms with Gasteiger partial charge in [0.25, 0.3) is 0 Å². The molecule has 5 rings (SSSR count). The van der Waals surface area contributed by atoms with Gasteiger partial charge in [0.2, 0.25) is 11.8 Å². The number of rotatable bonds is 6. The van der Waals surface area contributed by atoms with Gasteiger partial charge in [0.15, 0.2) is 6.23 Å². The third-order valence-corrected chi connectivity index (χ3v) is 8.38. The summed E-state index contributed by atoms with van der Waals surface area (Å²) in [5.74, 6) is 2.91. The molecule has 2 aromatic rings. The summed E-state index contributed by atoms with van der Waals surface area (Å²) in [6.07, 6.45) is 13.8. The third kappa shape index (κ3) is 6.73. The molecule has 2 fully saturated rings. The van der Waals surface area contributed by atoms with Crippen molar-refractivity contribution in [3.63, 3.8) is 0 Å². The Balaban J connectivity index is 1.36. The Kier molecular flexibility index (Phi) is 8.63. The lowest BCUT2D eigenvalue weighted by molar-refractivity contribution is -0.130. The number of hydrogen-bond acceptors (Lipinski definition) is 5. The number of benzene rings is 2. The van der Waals surface area contributed by atoms with E-state index in [-0.39, 0.29) is 36.1 Å². The van der Waals surface area contributed by atoms with Gasteiger partial charge in [-0.25, -0.2) is 4.39 Å². The number of fused-ring (bicyclic) bond motifs is 3. The van der Waals surface area contributed by atoms with Crippen molar-refractivity contribution in [2.45, 2.75) is 62.8 Å². The highest BCUT2D eigenvalue weighted by Crippen LogP contribution is 2.49. The van der Waals surface area contributed by atoms with Crippen LogP contribution in [0.15, 0.2) is 42.5 Å². The van der Waals surface area contributed by atoms with Crippen molar-refractivity contribution in [1.29, 1.82) is 0 Å². The van der Waals surface area contributed by atoms with E-state index in [1.54, 1.807) is 6.07 Å². The lowest BCUT2D eigenvalue weighted by Gasteiger charge is -2.28. The highest BCUT2D eigenvalue weighted by molar-refractivity contribution is 5.93. The van der Waals surface area contributed by atoms with Crippen molar-refractivity contribution in [2.75, 3.05) is 13.1 Å². The monoisotopic (exact) mass is 557 g/mol. The standard InChI is InChI=1S/C33H36FN3O4/c1-3-9-26-28-29(26)31(40)37-32(27(38)20-36-33(13-14-33)23-12-8-11-21(4-2)16-23)41-25-18-22(17-24(34)19-25)10-6-5-7-15-35-30(28)39/h1-2,8,11-12,16-19,26-29,32,36,38H,5-7,9-10,13-15,20H2,(H,35,39)(H,37,40). The molecule has 1 aliphatic heterocycles. The fourth-order valence-corrected chi connectivity index (χ4v) is 5.87. The Labute approximate surface area is 240 Å². The minimum atomic E-state index is -1.19. The molecule has 214 valence electrons. The minimum Gasteiger partial charge on any atom is -0.468 e. The number of carbonyl (C=O) groups excluding carboxylic acids is 2. The fraction of sp³-hybridized carbons (Fsp3) is 0.455. The summed E-state index contributed by atoms with van der Waals surface area (Å²) in [5, 5.41) is 20.5. The number of amides is 2. The van der Waals surface area contributed by atoms with E-state index < -0.39 is 35.9 Å². The molecule has 0 radical (unpaired) electrons. The summed E-state index contributed by atoms with van der Waals surface area (Å²) < 4.78 is 20.6. The summed E-state index contributed by atoms with van der Waals surface area (Å²) in [6.45, 7) is 0.596. The van der Waals surface area contributed by atoms with Gasteiger partial charge in [-0.3, -0.25) is 9.59 Å². The zero-order valence-corrected chi connectivity index (χ0v) is 23.0. The highest BCUT2D eigenvalue weighted by Gasteiger charge is 2.58. The van der Waals surface area contributed by atoms with E-state index in [0.29, 0.717) is 13.0 Å². The molecule has 2 aliphatic carbocycles.